The van der Waals surface area contributed by atoms with E-state index in [1.807, 2.05) is 37.3 Å². The van der Waals surface area contributed by atoms with Crippen LogP contribution in [0.5, 0.6) is 0 Å². The number of rotatable bonds is 6. The van der Waals surface area contributed by atoms with Gasteiger partial charge in [-0.15, -0.1) is 0 Å². The topological polar surface area (TPSA) is 57.4 Å². The normalized spacial score (nSPS) is 12.2. The van der Waals surface area contributed by atoms with E-state index in [1.54, 1.807) is 0 Å². The van der Waals surface area contributed by atoms with Crippen LogP contribution in [0.1, 0.15) is 40.6 Å². The summed E-state index contributed by atoms with van der Waals surface area (Å²) in [6, 6.07) is 42.2. The van der Waals surface area contributed by atoms with Crippen LogP contribution in [0.4, 0.5) is 0 Å². The maximum Gasteiger partial charge on any atom is 0.103 e. The van der Waals surface area contributed by atoms with Crippen LogP contribution < -0.4 is 0 Å². The number of fused-ring (bicyclic) bond motifs is 4. The predicted molar refractivity (Wildman–Crippen MR) is 207 cm³/mol. The molecule has 1 aliphatic rings. The third kappa shape index (κ3) is 4.74. The lowest BCUT2D eigenvalue weighted by Gasteiger charge is -2.19. The van der Waals surface area contributed by atoms with E-state index < -0.39 is 0 Å². The van der Waals surface area contributed by atoms with Gasteiger partial charge in [0.2, 0.25) is 0 Å². The average Bonchev–Trinajstić information content (AvgIpc) is 3.53. The van der Waals surface area contributed by atoms with Gasteiger partial charge in [0, 0.05) is 39.6 Å². The summed E-state index contributed by atoms with van der Waals surface area (Å²) >= 11 is 0. The van der Waals surface area contributed by atoms with Gasteiger partial charge in [0.25, 0.3) is 0 Å². The molecule has 0 fully saturated rings. The van der Waals surface area contributed by atoms with Gasteiger partial charge in [0.1, 0.15) is 12.1 Å². The van der Waals surface area contributed by atoms with Crippen LogP contribution in [0.15, 0.2) is 140 Å². The summed E-state index contributed by atoms with van der Waals surface area (Å²) in [6.45, 7) is 6.26. The van der Waals surface area contributed by atoms with Gasteiger partial charge in [-0.1, -0.05) is 122 Å². The van der Waals surface area contributed by atoms with Crippen molar-refractivity contribution >= 4 is 40.0 Å². The van der Waals surface area contributed by atoms with Gasteiger partial charge in [-0.05, 0) is 60.0 Å². The summed E-state index contributed by atoms with van der Waals surface area (Å²) < 4.78 is 4.46. The third-order valence-corrected chi connectivity index (χ3v) is 9.58. The molecule has 1 aliphatic carbocycles. The van der Waals surface area contributed by atoms with E-state index in [-0.39, 0.29) is 0 Å². The minimum atomic E-state index is 0.343. The first-order valence-electron chi connectivity index (χ1n) is 16.7. The monoisotopic (exact) mass is 640 g/mol. The second-order valence-corrected chi connectivity index (χ2v) is 12.3. The number of para-hydroxylation sites is 3. The molecule has 0 spiro atoms. The summed E-state index contributed by atoms with van der Waals surface area (Å²) in [5, 5.41) is 23.3. The summed E-state index contributed by atoms with van der Waals surface area (Å²) in [6.07, 6.45) is 15.2. The van der Waals surface area contributed by atoms with Crippen molar-refractivity contribution in [1.29, 1.82) is 10.5 Å². The maximum absolute atomic E-state index is 10.5. The number of aromatic nitrogens is 2. The SMILES string of the molecule is C=Cc1c(/C=C\C)c2ccccc2n1-c1ccccc1-c1ccccc1-c1cc(C#N)c(C#N)c(-n2c3c(c4ccccc42)C=CC=CC3)c1. The van der Waals surface area contributed by atoms with Crippen LogP contribution in [0.25, 0.3) is 73.7 Å². The van der Waals surface area contributed by atoms with Crippen molar-refractivity contribution in [2.45, 2.75) is 13.3 Å². The Bertz CT molecular complexity index is 2680. The average molecular weight is 641 g/mol. The highest BCUT2D eigenvalue weighted by atomic mass is 15.0. The molecule has 4 heteroatoms. The van der Waals surface area contributed by atoms with E-state index in [4.69, 9.17) is 0 Å². The molecule has 7 aromatic rings. The Kier molecular flexibility index (Phi) is 7.69. The fraction of sp³-hybridized carbons (Fsp3) is 0.0435. The molecule has 0 bridgehead atoms. The molecule has 0 N–H and O–H groups in total. The fourth-order valence-corrected chi connectivity index (χ4v) is 7.51. The molecule has 0 radical (unpaired) electrons. The highest BCUT2D eigenvalue weighted by Crippen LogP contribution is 2.41. The molecular weight excluding hydrogens is 609 g/mol. The van der Waals surface area contributed by atoms with Crippen molar-refractivity contribution in [2.75, 3.05) is 0 Å². The molecule has 2 heterocycles. The van der Waals surface area contributed by atoms with E-state index in [9.17, 15) is 10.5 Å². The van der Waals surface area contributed by atoms with Crippen LogP contribution >= 0.6 is 0 Å². The highest BCUT2D eigenvalue weighted by Gasteiger charge is 2.23. The van der Waals surface area contributed by atoms with Crippen molar-refractivity contribution in [3.8, 4) is 45.8 Å². The molecule has 0 saturated heterocycles. The molecular formula is C46H32N4. The molecule has 5 aromatic carbocycles. The largest absolute Gasteiger partial charge is 0.311 e. The lowest BCUT2D eigenvalue weighted by Crippen LogP contribution is -2.05. The number of allylic oxidation sites excluding steroid dienone is 4. The van der Waals surface area contributed by atoms with E-state index in [0.29, 0.717) is 23.2 Å². The second-order valence-electron chi connectivity index (χ2n) is 12.3. The Morgan fingerprint density at radius 2 is 1.38 bits per heavy atom. The first-order valence-corrected chi connectivity index (χ1v) is 16.7. The zero-order valence-corrected chi connectivity index (χ0v) is 27.6. The van der Waals surface area contributed by atoms with Crippen molar-refractivity contribution in [3.05, 3.63) is 174 Å². The molecule has 0 aliphatic heterocycles. The smallest absolute Gasteiger partial charge is 0.103 e. The standard InChI is InChI=1S/C46H32N4/c1-3-16-35-37-21-11-14-25-43(37)49(41(35)4-2)42-24-13-10-20-36(42)34-18-9-8-17-33(34)31-27-32(29-47)40(30-48)46(28-31)50-44-23-7-5-6-19-38(44)39-22-12-15-26-45(39)50/h3-22,24-28H,2,23H2,1H3/b16-3-. The third-order valence-electron chi connectivity index (χ3n) is 9.58. The number of hydrogen-bond acceptors (Lipinski definition) is 2. The van der Waals surface area contributed by atoms with Gasteiger partial charge in [-0.3, -0.25) is 0 Å². The summed E-state index contributed by atoms with van der Waals surface area (Å²) in [5.74, 6) is 0. The number of hydrogen-bond donors (Lipinski definition) is 0. The van der Waals surface area contributed by atoms with Gasteiger partial charge in [0.15, 0.2) is 0 Å². The van der Waals surface area contributed by atoms with E-state index in [0.717, 1.165) is 72.3 Å². The number of nitriles is 2. The molecule has 0 amide bonds. The fourth-order valence-electron chi connectivity index (χ4n) is 7.51. The highest BCUT2D eigenvalue weighted by molar-refractivity contribution is 5.98. The molecule has 0 saturated carbocycles. The van der Waals surface area contributed by atoms with Crippen LogP contribution in [0, 0.1) is 22.7 Å². The van der Waals surface area contributed by atoms with E-state index in [1.165, 1.54) is 0 Å². The summed E-state index contributed by atoms with van der Waals surface area (Å²) in [4.78, 5) is 0. The molecule has 236 valence electrons. The van der Waals surface area contributed by atoms with Crippen molar-refractivity contribution in [3.63, 3.8) is 0 Å². The Balaban J connectivity index is 1.40. The lowest BCUT2D eigenvalue weighted by molar-refractivity contribution is 0.997. The first-order chi connectivity index (χ1) is 24.7. The molecule has 8 rings (SSSR count). The van der Waals surface area contributed by atoms with Crippen molar-refractivity contribution in [1.82, 2.24) is 9.13 Å². The van der Waals surface area contributed by atoms with Crippen molar-refractivity contribution in [2.24, 2.45) is 0 Å². The number of benzene rings is 5. The van der Waals surface area contributed by atoms with E-state index in [2.05, 4.69) is 149 Å². The van der Waals surface area contributed by atoms with Crippen LogP contribution in [-0.2, 0) is 6.42 Å². The lowest BCUT2D eigenvalue weighted by atomic mass is 9.91. The van der Waals surface area contributed by atoms with Gasteiger partial charge in [-0.25, -0.2) is 0 Å². The molecule has 4 nitrogen and oxygen atoms in total. The molecule has 2 aromatic heterocycles. The second kappa shape index (κ2) is 12.6. The zero-order chi connectivity index (χ0) is 34.2. The predicted octanol–water partition coefficient (Wildman–Crippen LogP) is 11.5. The van der Waals surface area contributed by atoms with Gasteiger partial charge < -0.3 is 9.13 Å². The molecule has 0 unspecified atom stereocenters. The maximum atomic E-state index is 10.5. The van der Waals surface area contributed by atoms with Gasteiger partial charge in [0.05, 0.1) is 39.2 Å². The Labute approximate surface area is 291 Å². The Morgan fingerprint density at radius 3 is 2.12 bits per heavy atom. The number of nitrogens with zero attached hydrogens (tertiary/aromatic N) is 4. The first kappa shape index (κ1) is 30.5. The van der Waals surface area contributed by atoms with Crippen LogP contribution in [0.3, 0.4) is 0 Å². The minimum Gasteiger partial charge on any atom is -0.311 e. The Hall–Kier alpha value is -6.88. The van der Waals surface area contributed by atoms with Gasteiger partial charge >= 0.3 is 0 Å². The van der Waals surface area contributed by atoms with Crippen LogP contribution in [-0.4, -0.2) is 9.13 Å². The van der Waals surface area contributed by atoms with Crippen LogP contribution in [0.2, 0.25) is 0 Å². The quantitative estimate of drug-likeness (QED) is 0.182. The van der Waals surface area contributed by atoms with Gasteiger partial charge in [-0.2, -0.15) is 10.5 Å². The zero-order valence-electron chi connectivity index (χ0n) is 27.6. The summed E-state index contributed by atoms with van der Waals surface area (Å²) in [5.41, 5.74) is 12.8. The summed E-state index contributed by atoms with van der Waals surface area (Å²) in [7, 11) is 0. The minimum absolute atomic E-state index is 0.343. The molecule has 50 heavy (non-hydrogen) atoms. The Morgan fingerprint density at radius 1 is 0.700 bits per heavy atom. The molecule has 0 atom stereocenters. The van der Waals surface area contributed by atoms with E-state index >= 15 is 0 Å². The van der Waals surface area contributed by atoms with Crippen molar-refractivity contribution < 1.29 is 0 Å².